The van der Waals surface area contributed by atoms with Gasteiger partial charge in [0.25, 0.3) is 0 Å². The molecule has 0 saturated carbocycles. The number of nitrogens with two attached hydrogens (primary N) is 2. The van der Waals surface area contributed by atoms with Gasteiger partial charge < -0.3 is 25.4 Å². The van der Waals surface area contributed by atoms with Crippen molar-refractivity contribution in [2.75, 3.05) is 12.5 Å². The Morgan fingerprint density at radius 3 is 2.08 bits per heavy atom. The fourth-order valence-corrected chi connectivity index (χ4v) is 11.9. The molecule has 5 unspecified atom stereocenters. The van der Waals surface area contributed by atoms with Gasteiger partial charge in [-0.05, 0) is 78.9 Å². The van der Waals surface area contributed by atoms with E-state index in [4.69, 9.17) is 51.2 Å². The number of rotatable bonds is 7. The molecule has 71 heavy (non-hydrogen) atoms. The number of nitrogens with zero attached hydrogens (tertiary/aromatic N) is 9. The van der Waals surface area contributed by atoms with E-state index in [9.17, 15) is 19.8 Å². The van der Waals surface area contributed by atoms with Crippen LogP contribution in [0.5, 0.6) is 11.6 Å². The van der Waals surface area contributed by atoms with E-state index >= 15 is 4.79 Å². The van der Waals surface area contributed by atoms with Crippen LogP contribution in [-0.4, -0.2) is 90.2 Å². The van der Waals surface area contributed by atoms with Crippen LogP contribution >= 0.6 is 23.5 Å². The van der Waals surface area contributed by atoms with Crippen molar-refractivity contribution in [3.05, 3.63) is 126 Å². The Hall–Kier alpha value is -7.49. The number of esters is 2. The first-order valence-corrected chi connectivity index (χ1v) is 25.4. The fraction of sp³-hybridized carbons (Fsp3) is 0.235. The lowest BCUT2D eigenvalue weighted by molar-refractivity contribution is -0.155. The molecular formula is C51H43N11O7S2. The number of aliphatic carboxylic acids is 1. The van der Waals surface area contributed by atoms with Crippen molar-refractivity contribution < 1.29 is 34.1 Å². The number of aromatic nitrogens is 9. The largest absolute Gasteiger partial charge is 0.481 e. The van der Waals surface area contributed by atoms with E-state index in [2.05, 4.69) is 0 Å². The summed E-state index contributed by atoms with van der Waals surface area (Å²) in [6.45, 7) is 1.91. The highest BCUT2D eigenvalue weighted by molar-refractivity contribution is 7.99. The molecule has 4 aromatic carbocycles. The van der Waals surface area contributed by atoms with Crippen LogP contribution < -0.4 is 20.9 Å². The number of hydrogen-bond acceptors (Lipinski definition) is 16. The van der Waals surface area contributed by atoms with Gasteiger partial charge in [-0.3, -0.25) is 10.5 Å². The molecule has 0 spiro atoms. The molecule has 20 heteroatoms. The van der Waals surface area contributed by atoms with Crippen molar-refractivity contribution in [1.29, 1.82) is 0 Å². The summed E-state index contributed by atoms with van der Waals surface area (Å²) in [6, 6.07) is 27.1. The van der Waals surface area contributed by atoms with Crippen LogP contribution in [0, 0.1) is 0 Å². The summed E-state index contributed by atoms with van der Waals surface area (Å²) in [7, 11) is 0. The molecule has 3 aliphatic heterocycles. The maximum Gasteiger partial charge on any atom is 0.358 e. The highest BCUT2D eigenvalue weighted by atomic mass is 32.2. The number of ether oxygens (including phenoxy) is 2. The normalized spacial score (nSPS) is 20.8. The predicted molar refractivity (Wildman–Crippen MR) is 269 cm³/mol. The Bertz CT molecular complexity index is 3890. The van der Waals surface area contributed by atoms with Gasteiger partial charge in [-0.25, -0.2) is 33.1 Å². The molecule has 0 amide bonds. The molecule has 18 nitrogen and oxygen atoms in total. The zero-order chi connectivity index (χ0) is 49.1. The van der Waals surface area contributed by atoms with E-state index in [-0.39, 0.29) is 64.7 Å². The van der Waals surface area contributed by atoms with Gasteiger partial charge in [0.2, 0.25) is 11.6 Å². The molecule has 6 N–H and O–H groups in total. The average Bonchev–Trinajstić information content (AvgIpc) is 4.05. The number of thioether (sulfide) groups is 2. The molecule has 0 fully saturated rings. The molecule has 0 aliphatic carbocycles. The maximum atomic E-state index is 15.9. The average molecular weight is 986 g/mol. The third-order valence-corrected chi connectivity index (χ3v) is 15.7. The van der Waals surface area contributed by atoms with Gasteiger partial charge in [0.1, 0.15) is 5.75 Å². The van der Waals surface area contributed by atoms with Gasteiger partial charge in [0.05, 0.1) is 50.7 Å². The van der Waals surface area contributed by atoms with Crippen molar-refractivity contribution in [1.82, 2.24) is 43.8 Å². The first-order valence-electron chi connectivity index (χ1n) is 22.9. The minimum atomic E-state index is -2.43. The summed E-state index contributed by atoms with van der Waals surface area (Å²) >= 11 is 2.77. The second kappa shape index (κ2) is 16.6. The van der Waals surface area contributed by atoms with E-state index in [1.165, 1.54) is 23.5 Å². The summed E-state index contributed by atoms with van der Waals surface area (Å²) in [5.41, 5.74) is 15.2. The zero-order valence-corrected chi connectivity index (χ0v) is 39.9. The lowest BCUT2D eigenvalue weighted by atomic mass is 9.81. The van der Waals surface area contributed by atoms with Crippen molar-refractivity contribution in [2.45, 2.75) is 60.3 Å². The Balaban J connectivity index is 1.30. The third-order valence-electron chi connectivity index (χ3n) is 13.7. The van der Waals surface area contributed by atoms with Crippen molar-refractivity contribution in [2.24, 2.45) is 11.5 Å². The summed E-state index contributed by atoms with van der Waals surface area (Å²) in [5, 5.41) is 38.5. The van der Waals surface area contributed by atoms with Crippen LogP contribution in [-0.2, 0) is 19.9 Å². The number of carbonyl (C=O) groups excluding carboxylic acids is 2. The van der Waals surface area contributed by atoms with Gasteiger partial charge in [-0.2, -0.15) is 43.8 Å². The number of carbonyl (C=O) groups is 3. The zero-order valence-electron chi connectivity index (χ0n) is 38.3. The molecule has 3 aliphatic rings. The monoisotopic (exact) mass is 985 g/mol. The van der Waals surface area contributed by atoms with Crippen LogP contribution in [0.25, 0.3) is 72.2 Å². The molecule has 13 rings (SSSR count). The standard InChI is InChI=1S/C51H43N11O7S2/c1-4-10-27(47(63)64)32-23-60-43(28-11-5-7-15-34(28)57-60)54-40(32)38-41-33-24-61-44(29-12-6-8-16-35(29)58-61)56-46(33)69-48(65)50(52)21-36(70-2)25-17-19-26(20-18-25)68-49(66)51(53,67)22-37(71-3)30-13-9-14-31-39(30)59-62(42(38)50)45(31)55-41/h5-9,11-20,23-24,27,36-37,67H,4,10,21-22,52-53H2,1-3H3,(H,63,64). The quantitative estimate of drug-likeness (QED) is 0.0685. The van der Waals surface area contributed by atoms with Crippen molar-refractivity contribution >= 4 is 91.1 Å². The Morgan fingerprint density at radius 1 is 0.761 bits per heavy atom. The molecule has 0 saturated heterocycles. The molecular weight excluding hydrogens is 943 g/mol. The van der Waals surface area contributed by atoms with Crippen molar-refractivity contribution in [3.8, 4) is 34.1 Å². The molecule has 6 aromatic heterocycles. The number of aliphatic hydroxyl groups is 1. The number of hydrogen-bond donors (Lipinski definition) is 4. The van der Waals surface area contributed by atoms with Crippen LogP contribution in [0.2, 0.25) is 0 Å². The molecule has 6 bridgehead atoms. The van der Waals surface area contributed by atoms with E-state index in [1.54, 1.807) is 50.2 Å². The molecule has 10 aromatic rings. The van der Waals surface area contributed by atoms with E-state index < -0.39 is 45.6 Å². The van der Waals surface area contributed by atoms with Crippen LogP contribution in [0.3, 0.4) is 0 Å². The van der Waals surface area contributed by atoms with E-state index in [0.29, 0.717) is 67.1 Å². The SMILES string of the molecule is CCCC(C(=O)O)c1cn2nc3ccccc3c2nc1-c1c2nc3c4cccc5c4nn3c1C(N)(CC(SC)c1ccc(cc1)OC(=O)C(N)(O)CC5SC)C(=O)Oc1nc3c4ccccc4nn3cc1-2. The topological polar surface area (TPSA) is 253 Å². The van der Waals surface area contributed by atoms with Crippen molar-refractivity contribution in [3.63, 3.8) is 0 Å². The summed E-state index contributed by atoms with van der Waals surface area (Å²) in [5.74, 6) is -4.09. The van der Waals surface area contributed by atoms with Gasteiger partial charge in [0.15, 0.2) is 22.5 Å². The molecule has 356 valence electrons. The number of benzene rings is 4. The summed E-state index contributed by atoms with van der Waals surface area (Å²) in [4.78, 5) is 59.1. The van der Waals surface area contributed by atoms with Crippen LogP contribution in [0.4, 0.5) is 0 Å². The van der Waals surface area contributed by atoms with Gasteiger partial charge in [-0.1, -0.05) is 61.9 Å². The minimum absolute atomic E-state index is 0.101. The Morgan fingerprint density at radius 2 is 1.41 bits per heavy atom. The second-order valence-electron chi connectivity index (χ2n) is 18.0. The lowest BCUT2D eigenvalue weighted by Gasteiger charge is -2.35. The number of carboxylic acids is 1. The first kappa shape index (κ1) is 44.7. The lowest BCUT2D eigenvalue weighted by Crippen LogP contribution is -2.51. The number of carboxylic acid groups (broad SMARTS) is 1. The fourth-order valence-electron chi connectivity index (χ4n) is 10.1. The highest BCUT2D eigenvalue weighted by Crippen LogP contribution is 2.50. The van der Waals surface area contributed by atoms with Gasteiger partial charge in [0, 0.05) is 51.0 Å². The highest BCUT2D eigenvalue weighted by Gasteiger charge is 2.49. The predicted octanol–water partition coefficient (Wildman–Crippen LogP) is 7.50. The van der Waals surface area contributed by atoms with E-state index in [0.717, 1.165) is 0 Å². The first-order chi connectivity index (χ1) is 34.3. The minimum Gasteiger partial charge on any atom is -0.481 e. The maximum absolute atomic E-state index is 15.9. The summed E-state index contributed by atoms with van der Waals surface area (Å²) in [6.07, 6.45) is 7.45. The van der Waals surface area contributed by atoms with Gasteiger partial charge >= 0.3 is 17.9 Å². The smallest absolute Gasteiger partial charge is 0.358 e. The van der Waals surface area contributed by atoms with E-state index in [1.807, 2.05) is 86.2 Å². The molecule has 9 heterocycles. The third kappa shape index (κ3) is 6.95. The van der Waals surface area contributed by atoms with Crippen LogP contribution in [0.15, 0.2) is 103 Å². The van der Waals surface area contributed by atoms with Crippen LogP contribution in [0.1, 0.15) is 71.4 Å². The molecule has 0 radical (unpaired) electrons. The Kier molecular flexibility index (Phi) is 10.4. The summed E-state index contributed by atoms with van der Waals surface area (Å²) < 4.78 is 16.9. The number of fused-ring (bicyclic) bond motifs is 17. The van der Waals surface area contributed by atoms with Gasteiger partial charge in [-0.15, -0.1) is 0 Å². The second-order valence-corrected chi connectivity index (χ2v) is 20.1. The Labute approximate surface area is 411 Å². The molecule has 5 atom stereocenters.